The third-order valence-electron chi connectivity index (χ3n) is 3.38. The van der Waals surface area contributed by atoms with E-state index in [9.17, 15) is 4.79 Å². The summed E-state index contributed by atoms with van der Waals surface area (Å²) < 4.78 is 1.04. The first-order valence-electron chi connectivity index (χ1n) is 7.29. The molecular weight excluding hydrogens is 330 g/mol. The van der Waals surface area contributed by atoms with Gasteiger partial charge in [-0.3, -0.25) is 4.79 Å². The van der Waals surface area contributed by atoms with Crippen LogP contribution in [-0.2, 0) is 0 Å². The Kier molecular flexibility index (Phi) is 4.44. The van der Waals surface area contributed by atoms with E-state index >= 15 is 0 Å². The summed E-state index contributed by atoms with van der Waals surface area (Å²) in [7, 11) is 0. The average Bonchev–Trinajstić information content (AvgIpc) is 3.10. The van der Waals surface area contributed by atoms with Crippen molar-refractivity contribution in [3.05, 3.63) is 29.3 Å². The van der Waals surface area contributed by atoms with E-state index in [0.29, 0.717) is 16.4 Å². The molecule has 3 N–H and O–H groups in total. The first-order valence-corrected chi connectivity index (χ1v) is 8.92. The van der Waals surface area contributed by atoms with Gasteiger partial charge in [0, 0.05) is 13.1 Å². The number of pyridine rings is 1. The number of nitrogens with two attached hydrogens (primary N) is 1. The summed E-state index contributed by atoms with van der Waals surface area (Å²) in [5.41, 5.74) is 6.16. The van der Waals surface area contributed by atoms with Crippen molar-refractivity contribution in [1.29, 1.82) is 0 Å². The Labute approximate surface area is 142 Å². The first-order chi connectivity index (χ1) is 11.1. The highest BCUT2D eigenvalue weighted by Crippen LogP contribution is 2.34. The number of rotatable bonds is 5. The minimum atomic E-state index is -0.156. The molecule has 0 bridgehead atoms. The largest absolute Gasteiger partial charge is 0.384 e. The molecule has 0 saturated heterocycles. The molecule has 6 nitrogen and oxygen atoms in total. The molecule has 0 atom stereocenters. The van der Waals surface area contributed by atoms with Gasteiger partial charge in [0.05, 0.1) is 21.5 Å². The second-order valence-electron chi connectivity index (χ2n) is 4.87. The molecule has 0 fully saturated rings. The second kappa shape index (κ2) is 6.51. The molecule has 0 aromatic carbocycles. The summed E-state index contributed by atoms with van der Waals surface area (Å²) in [5.74, 6) is 0.268. The molecule has 0 aliphatic carbocycles. The molecule has 0 aliphatic rings. The topological polar surface area (TPSA) is 84.1 Å². The number of amides is 1. The molecule has 3 rings (SSSR count). The lowest BCUT2D eigenvalue weighted by molar-refractivity contribution is 0.103. The van der Waals surface area contributed by atoms with Crippen LogP contribution in [0.15, 0.2) is 24.4 Å². The van der Waals surface area contributed by atoms with Crippen molar-refractivity contribution < 1.29 is 4.79 Å². The lowest BCUT2D eigenvalue weighted by atomic mass is 10.3. The Hall–Kier alpha value is -2.19. The fourth-order valence-electron chi connectivity index (χ4n) is 2.14. The smallest absolute Gasteiger partial charge is 0.265 e. The van der Waals surface area contributed by atoms with Gasteiger partial charge in [0.2, 0.25) is 0 Å². The lowest BCUT2D eigenvalue weighted by Crippen LogP contribution is -2.21. The molecule has 0 aliphatic heterocycles. The van der Waals surface area contributed by atoms with E-state index in [4.69, 9.17) is 5.73 Å². The van der Waals surface area contributed by atoms with Crippen LogP contribution in [0.2, 0.25) is 0 Å². The second-order valence-corrected chi connectivity index (χ2v) is 6.91. The van der Waals surface area contributed by atoms with Crippen molar-refractivity contribution in [3.63, 3.8) is 0 Å². The molecule has 3 aromatic heterocycles. The molecule has 23 heavy (non-hydrogen) atoms. The molecule has 3 heterocycles. The zero-order valence-corrected chi connectivity index (χ0v) is 14.5. The van der Waals surface area contributed by atoms with Crippen molar-refractivity contribution in [3.8, 4) is 0 Å². The highest BCUT2D eigenvalue weighted by Gasteiger charge is 2.16. The number of hydrogen-bond acceptors (Lipinski definition) is 7. The van der Waals surface area contributed by atoms with Crippen molar-refractivity contribution in [2.75, 3.05) is 29.0 Å². The SMILES string of the molecule is CCN(CC)c1nc2sc(C(=O)Nc3ccc(N)nc3)cc2s1. The van der Waals surface area contributed by atoms with Gasteiger partial charge in [0.25, 0.3) is 5.91 Å². The Bertz CT molecular complexity index is 789. The molecule has 0 unspecified atom stereocenters. The summed E-state index contributed by atoms with van der Waals surface area (Å²) in [6, 6.07) is 5.28. The molecule has 0 radical (unpaired) electrons. The van der Waals surface area contributed by atoms with E-state index in [1.165, 1.54) is 11.3 Å². The van der Waals surface area contributed by atoms with Crippen LogP contribution in [0.4, 0.5) is 16.6 Å². The van der Waals surface area contributed by atoms with Crippen LogP contribution in [-0.4, -0.2) is 29.0 Å². The van der Waals surface area contributed by atoms with Crippen LogP contribution in [0.25, 0.3) is 9.53 Å². The number of carbonyl (C=O) groups is 1. The number of thiophene rings is 1. The molecule has 1 amide bonds. The number of fused-ring (bicyclic) bond motifs is 1. The van der Waals surface area contributed by atoms with Crippen molar-refractivity contribution in [2.24, 2.45) is 0 Å². The standard InChI is InChI=1S/C15H17N5OS2/c1-3-20(4-2)15-19-14-11(23-15)7-10(22-14)13(21)18-9-5-6-12(16)17-8-9/h5-8H,3-4H2,1-2H3,(H2,16,17)(H,18,21). The number of nitrogens with one attached hydrogen (secondary N) is 1. The van der Waals surface area contributed by atoms with E-state index in [-0.39, 0.29) is 5.91 Å². The van der Waals surface area contributed by atoms with Gasteiger partial charge in [0.15, 0.2) is 5.13 Å². The molecule has 120 valence electrons. The molecule has 0 saturated carbocycles. The van der Waals surface area contributed by atoms with Crippen LogP contribution in [0, 0.1) is 0 Å². The Morgan fingerprint density at radius 3 is 2.70 bits per heavy atom. The number of thiazole rings is 1. The maximum atomic E-state index is 12.3. The Morgan fingerprint density at radius 1 is 1.30 bits per heavy atom. The van der Waals surface area contributed by atoms with Gasteiger partial charge in [0.1, 0.15) is 10.6 Å². The Morgan fingerprint density at radius 2 is 2.09 bits per heavy atom. The summed E-state index contributed by atoms with van der Waals surface area (Å²) in [5, 5.41) is 3.82. The summed E-state index contributed by atoms with van der Waals surface area (Å²) >= 11 is 3.02. The summed E-state index contributed by atoms with van der Waals surface area (Å²) in [6.07, 6.45) is 1.54. The van der Waals surface area contributed by atoms with Crippen LogP contribution in [0.3, 0.4) is 0 Å². The third-order valence-corrected chi connectivity index (χ3v) is 5.60. The number of nitrogen functional groups attached to an aromatic ring is 1. The fraction of sp³-hybridized carbons (Fsp3) is 0.267. The van der Waals surface area contributed by atoms with Gasteiger partial charge >= 0.3 is 0 Å². The van der Waals surface area contributed by atoms with Gasteiger partial charge in [-0.15, -0.1) is 11.3 Å². The predicted octanol–water partition coefficient (Wildman–Crippen LogP) is 3.43. The fourth-order valence-corrected chi connectivity index (χ4v) is 4.37. The van der Waals surface area contributed by atoms with Crippen LogP contribution >= 0.6 is 22.7 Å². The average molecular weight is 347 g/mol. The minimum Gasteiger partial charge on any atom is -0.384 e. The lowest BCUT2D eigenvalue weighted by Gasteiger charge is -2.16. The maximum absolute atomic E-state index is 12.3. The number of carbonyl (C=O) groups excluding carboxylic acids is 1. The molecule has 8 heteroatoms. The number of anilines is 3. The minimum absolute atomic E-state index is 0.156. The van der Waals surface area contributed by atoms with Crippen molar-refractivity contribution >= 4 is 54.7 Å². The van der Waals surface area contributed by atoms with Crippen LogP contribution in [0.1, 0.15) is 23.5 Å². The van der Waals surface area contributed by atoms with E-state index in [0.717, 1.165) is 27.8 Å². The van der Waals surface area contributed by atoms with Crippen molar-refractivity contribution in [2.45, 2.75) is 13.8 Å². The van der Waals surface area contributed by atoms with Gasteiger partial charge < -0.3 is 16.0 Å². The Balaban J connectivity index is 1.79. The first kappa shape index (κ1) is 15.7. The van der Waals surface area contributed by atoms with Gasteiger partial charge in [-0.25, -0.2) is 9.97 Å². The zero-order chi connectivity index (χ0) is 16.4. The van der Waals surface area contributed by atoms with E-state index in [2.05, 4.69) is 34.0 Å². The van der Waals surface area contributed by atoms with E-state index < -0.39 is 0 Å². The third kappa shape index (κ3) is 3.27. The molecule has 3 aromatic rings. The normalized spacial score (nSPS) is 10.9. The van der Waals surface area contributed by atoms with Gasteiger partial charge in [-0.2, -0.15) is 0 Å². The van der Waals surface area contributed by atoms with Crippen molar-refractivity contribution in [1.82, 2.24) is 9.97 Å². The molecular formula is C15H17N5OS2. The molecule has 0 spiro atoms. The number of aromatic nitrogens is 2. The maximum Gasteiger partial charge on any atom is 0.265 e. The highest BCUT2D eigenvalue weighted by molar-refractivity contribution is 7.29. The highest BCUT2D eigenvalue weighted by atomic mass is 32.1. The summed E-state index contributed by atoms with van der Waals surface area (Å²) in [4.78, 5) is 24.6. The summed E-state index contributed by atoms with van der Waals surface area (Å²) in [6.45, 7) is 6.07. The van der Waals surface area contributed by atoms with E-state index in [1.54, 1.807) is 29.7 Å². The van der Waals surface area contributed by atoms with Crippen LogP contribution in [0.5, 0.6) is 0 Å². The zero-order valence-electron chi connectivity index (χ0n) is 12.9. The van der Waals surface area contributed by atoms with Gasteiger partial charge in [-0.05, 0) is 32.0 Å². The van der Waals surface area contributed by atoms with Gasteiger partial charge in [-0.1, -0.05) is 11.3 Å². The predicted molar refractivity (Wildman–Crippen MR) is 97.7 cm³/mol. The number of hydrogen-bond donors (Lipinski definition) is 2. The van der Waals surface area contributed by atoms with E-state index in [1.807, 2.05) is 6.07 Å². The number of nitrogens with zero attached hydrogens (tertiary/aromatic N) is 3. The monoisotopic (exact) mass is 347 g/mol. The quantitative estimate of drug-likeness (QED) is 0.738. The van der Waals surface area contributed by atoms with Crippen LogP contribution < -0.4 is 16.0 Å².